The van der Waals surface area contributed by atoms with Crippen molar-refractivity contribution < 1.29 is 4.74 Å². The van der Waals surface area contributed by atoms with Crippen LogP contribution in [0.3, 0.4) is 0 Å². The molecule has 1 rings (SSSR count). The van der Waals surface area contributed by atoms with E-state index in [1.807, 2.05) is 6.92 Å². The minimum absolute atomic E-state index is 0.00327. The molecule has 0 heterocycles. The predicted octanol–water partition coefficient (Wildman–Crippen LogP) is 1.96. The summed E-state index contributed by atoms with van der Waals surface area (Å²) in [6.45, 7) is 9.09. The lowest BCUT2D eigenvalue weighted by Gasteiger charge is -2.33. The summed E-state index contributed by atoms with van der Waals surface area (Å²) < 4.78 is 5.47. The molecule has 14 heavy (non-hydrogen) atoms. The third kappa shape index (κ3) is 2.98. The number of nitrogens with two attached hydrogens (primary N) is 1. The summed E-state index contributed by atoms with van der Waals surface area (Å²) in [5.74, 6) is 0.762. The van der Waals surface area contributed by atoms with E-state index in [2.05, 4.69) is 25.8 Å². The normalized spacial score (nSPS) is 28.7. The molecule has 1 aliphatic rings. The number of hydrogen-bond acceptors (Lipinski definition) is 2. The molecule has 0 amide bonds. The summed E-state index contributed by atoms with van der Waals surface area (Å²) in [5, 5.41) is 0. The van der Waals surface area contributed by atoms with Gasteiger partial charge in [0.15, 0.2) is 0 Å². The van der Waals surface area contributed by atoms with Crippen LogP contribution >= 0.6 is 0 Å². The molecule has 1 saturated carbocycles. The monoisotopic (exact) mass is 198 g/mol. The second-order valence-corrected chi connectivity index (χ2v) is 4.97. The van der Waals surface area contributed by atoms with E-state index in [9.17, 15) is 0 Å². The molecule has 82 valence electrons. The van der Waals surface area contributed by atoms with Crippen molar-refractivity contribution in [2.45, 2.75) is 52.7 Å². The van der Waals surface area contributed by atoms with Crippen LogP contribution in [0.5, 0.6) is 0 Å². The van der Waals surface area contributed by atoms with Crippen LogP contribution in [0.2, 0.25) is 0 Å². The minimum atomic E-state index is -0.00327. The van der Waals surface area contributed by atoms with Gasteiger partial charge in [0.1, 0.15) is 0 Å². The third-order valence-corrected chi connectivity index (χ3v) is 2.56. The van der Waals surface area contributed by atoms with Crippen molar-refractivity contribution in [3.05, 3.63) is 0 Å². The third-order valence-electron chi connectivity index (χ3n) is 2.56. The lowest BCUT2D eigenvalue weighted by atomic mass is 9.88. The summed E-state index contributed by atoms with van der Waals surface area (Å²) in [5.41, 5.74) is 5.89. The average Bonchev–Trinajstić information content (AvgIpc) is 1.98. The molecule has 0 aromatic rings. The van der Waals surface area contributed by atoms with Crippen LogP contribution in [-0.2, 0) is 4.74 Å². The Bertz CT molecular complexity index is 212. The quantitative estimate of drug-likeness (QED) is 0.556. The Morgan fingerprint density at radius 3 is 2.43 bits per heavy atom. The molecular weight excluding hydrogens is 176 g/mol. The molecule has 0 atom stereocenters. The molecular formula is C11H22N2O. The van der Waals surface area contributed by atoms with Gasteiger partial charge in [-0.15, -0.1) is 0 Å². The van der Waals surface area contributed by atoms with E-state index in [0.29, 0.717) is 12.1 Å². The van der Waals surface area contributed by atoms with Gasteiger partial charge in [0.05, 0.1) is 18.0 Å². The lowest BCUT2D eigenvalue weighted by molar-refractivity contribution is -0.000863. The topological polar surface area (TPSA) is 47.6 Å². The number of aliphatic imine (C=N–C) groups is 1. The second kappa shape index (κ2) is 4.30. The molecule has 0 spiro atoms. The standard InChI is InChI=1S/C11H22N2O/c1-5-14-9-6-8(7-9)13-10(12)11(2,3)4/h8-9H,5-7H2,1-4H3,(H2,12,13). The largest absolute Gasteiger partial charge is 0.387 e. The van der Waals surface area contributed by atoms with E-state index < -0.39 is 0 Å². The molecule has 0 unspecified atom stereocenters. The highest BCUT2D eigenvalue weighted by molar-refractivity contribution is 5.85. The average molecular weight is 198 g/mol. The minimum Gasteiger partial charge on any atom is -0.387 e. The maximum atomic E-state index is 5.89. The number of amidine groups is 1. The van der Waals surface area contributed by atoms with Crippen molar-refractivity contribution in [2.24, 2.45) is 16.1 Å². The zero-order valence-corrected chi connectivity index (χ0v) is 9.71. The number of rotatable bonds is 3. The van der Waals surface area contributed by atoms with Crippen molar-refractivity contribution >= 4 is 5.84 Å². The van der Waals surface area contributed by atoms with Gasteiger partial charge in [0, 0.05) is 12.0 Å². The Hall–Kier alpha value is -0.570. The first kappa shape index (κ1) is 11.5. The molecule has 0 saturated heterocycles. The van der Waals surface area contributed by atoms with Crippen molar-refractivity contribution in [1.82, 2.24) is 0 Å². The molecule has 0 aromatic heterocycles. The maximum Gasteiger partial charge on any atom is 0.0994 e. The van der Waals surface area contributed by atoms with Crippen LogP contribution in [0.1, 0.15) is 40.5 Å². The lowest BCUT2D eigenvalue weighted by Crippen LogP contribution is -2.38. The van der Waals surface area contributed by atoms with Crippen LogP contribution in [-0.4, -0.2) is 24.6 Å². The van der Waals surface area contributed by atoms with Gasteiger partial charge in [-0.05, 0) is 19.8 Å². The number of ether oxygens (including phenoxy) is 1. The molecule has 0 aliphatic heterocycles. The number of hydrogen-bond donors (Lipinski definition) is 1. The van der Waals surface area contributed by atoms with Crippen LogP contribution < -0.4 is 5.73 Å². The van der Waals surface area contributed by atoms with Crippen LogP contribution in [0.25, 0.3) is 0 Å². The SMILES string of the molecule is CCOC1CC(N=C(N)C(C)(C)C)C1. The van der Waals surface area contributed by atoms with Gasteiger partial charge >= 0.3 is 0 Å². The van der Waals surface area contributed by atoms with E-state index in [-0.39, 0.29) is 5.41 Å². The van der Waals surface area contributed by atoms with Gasteiger partial charge in [-0.25, -0.2) is 0 Å². The van der Waals surface area contributed by atoms with E-state index in [1.165, 1.54) is 0 Å². The van der Waals surface area contributed by atoms with Crippen LogP contribution in [0.15, 0.2) is 4.99 Å². The van der Waals surface area contributed by atoms with E-state index >= 15 is 0 Å². The summed E-state index contributed by atoms with van der Waals surface area (Å²) in [6, 6.07) is 0.394. The van der Waals surface area contributed by atoms with Crippen molar-refractivity contribution in [3.63, 3.8) is 0 Å². The molecule has 2 N–H and O–H groups in total. The predicted molar refractivity (Wildman–Crippen MR) is 59.5 cm³/mol. The first-order valence-electron chi connectivity index (χ1n) is 5.38. The van der Waals surface area contributed by atoms with Crippen LogP contribution in [0.4, 0.5) is 0 Å². The van der Waals surface area contributed by atoms with Crippen molar-refractivity contribution in [1.29, 1.82) is 0 Å². The fourth-order valence-electron chi connectivity index (χ4n) is 1.41. The fourth-order valence-corrected chi connectivity index (χ4v) is 1.41. The Labute approximate surface area is 86.7 Å². The smallest absolute Gasteiger partial charge is 0.0994 e. The van der Waals surface area contributed by atoms with Gasteiger partial charge in [-0.3, -0.25) is 4.99 Å². The van der Waals surface area contributed by atoms with Gasteiger partial charge < -0.3 is 10.5 Å². The first-order valence-corrected chi connectivity index (χ1v) is 5.38. The first-order chi connectivity index (χ1) is 6.43. The summed E-state index contributed by atoms with van der Waals surface area (Å²) in [6.07, 6.45) is 2.48. The van der Waals surface area contributed by atoms with Gasteiger partial charge in [0.2, 0.25) is 0 Å². The Morgan fingerprint density at radius 2 is 2.00 bits per heavy atom. The van der Waals surface area contributed by atoms with Gasteiger partial charge in [0.25, 0.3) is 0 Å². The highest BCUT2D eigenvalue weighted by atomic mass is 16.5. The zero-order chi connectivity index (χ0) is 10.8. The van der Waals surface area contributed by atoms with Crippen LogP contribution in [0, 0.1) is 5.41 Å². The molecule has 0 bridgehead atoms. The van der Waals surface area contributed by atoms with Gasteiger partial charge in [-0.1, -0.05) is 20.8 Å². The Morgan fingerprint density at radius 1 is 1.43 bits per heavy atom. The molecule has 1 aliphatic carbocycles. The summed E-state index contributed by atoms with van der Waals surface area (Å²) in [7, 11) is 0. The molecule has 3 nitrogen and oxygen atoms in total. The van der Waals surface area contributed by atoms with E-state index in [4.69, 9.17) is 10.5 Å². The molecule has 3 heteroatoms. The fraction of sp³-hybridized carbons (Fsp3) is 0.909. The second-order valence-electron chi connectivity index (χ2n) is 4.97. The molecule has 0 radical (unpaired) electrons. The maximum absolute atomic E-state index is 5.89. The molecule has 0 aromatic carbocycles. The Balaban J connectivity index is 2.34. The van der Waals surface area contributed by atoms with E-state index in [0.717, 1.165) is 25.3 Å². The highest BCUT2D eigenvalue weighted by Gasteiger charge is 2.30. The number of nitrogens with zero attached hydrogens (tertiary/aromatic N) is 1. The zero-order valence-electron chi connectivity index (χ0n) is 9.71. The highest BCUT2D eigenvalue weighted by Crippen LogP contribution is 2.27. The summed E-state index contributed by atoms with van der Waals surface area (Å²) in [4.78, 5) is 4.50. The van der Waals surface area contributed by atoms with Crippen molar-refractivity contribution in [3.8, 4) is 0 Å². The molecule has 1 fully saturated rings. The summed E-state index contributed by atoms with van der Waals surface area (Å²) >= 11 is 0. The Kier molecular flexibility index (Phi) is 3.53. The van der Waals surface area contributed by atoms with E-state index in [1.54, 1.807) is 0 Å². The van der Waals surface area contributed by atoms with Crippen molar-refractivity contribution in [2.75, 3.05) is 6.61 Å². The van der Waals surface area contributed by atoms with Gasteiger partial charge in [-0.2, -0.15) is 0 Å².